The van der Waals surface area contributed by atoms with Crippen molar-refractivity contribution in [1.82, 2.24) is 5.32 Å². The molecule has 2 atom stereocenters. The lowest BCUT2D eigenvalue weighted by atomic mass is 10.0. The van der Waals surface area contributed by atoms with Crippen LogP contribution in [0.3, 0.4) is 0 Å². The number of hydrogen-bond donors (Lipinski definition) is 2. The summed E-state index contributed by atoms with van der Waals surface area (Å²) in [6, 6.07) is 5.22. The number of aryl methyl sites for hydroxylation is 1. The number of carboxylic acids is 1. The number of carboxylic acid groups (broad SMARTS) is 1. The van der Waals surface area contributed by atoms with Gasteiger partial charge in [-0.25, -0.2) is 0 Å². The zero-order chi connectivity index (χ0) is 16.1. The highest BCUT2D eigenvalue weighted by atomic mass is 35.5. The van der Waals surface area contributed by atoms with Crippen LogP contribution in [0.4, 0.5) is 0 Å². The van der Waals surface area contributed by atoms with Crippen molar-refractivity contribution in [1.29, 1.82) is 0 Å². The Labute approximate surface area is 139 Å². The van der Waals surface area contributed by atoms with Crippen molar-refractivity contribution < 1.29 is 14.7 Å². The van der Waals surface area contributed by atoms with E-state index in [1.807, 2.05) is 6.07 Å². The average Bonchev–Trinajstić information content (AvgIpc) is 2.91. The van der Waals surface area contributed by atoms with E-state index in [0.717, 1.165) is 24.8 Å². The molecule has 0 unspecified atom stereocenters. The van der Waals surface area contributed by atoms with E-state index in [2.05, 4.69) is 5.32 Å². The zero-order valence-electron chi connectivity index (χ0n) is 12.1. The topological polar surface area (TPSA) is 66.4 Å². The summed E-state index contributed by atoms with van der Waals surface area (Å²) < 4.78 is 0. The van der Waals surface area contributed by atoms with Crippen molar-refractivity contribution in [2.24, 2.45) is 5.92 Å². The molecule has 1 aromatic carbocycles. The summed E-state index contributed by atoms with van der Waals surface area (Å²) in [7, 11) is 0. The Morgan fingerprint density at radius 3 is 2.68 bits per heavy atom. The average molecular weight is 344 g/mol. The van der Waals surface area contributed by atoms with Gasteiger partial charge in [0, 0.05) is 12.5 Å². The van der Waals surface area contributed by atoms with E-state index in [-0.39, 0.29) is 11.9 Å². The highest BCUT2D eigenvalue weighted by Crippen LogP contribution is 2.26. The van der Waals surface area contributed by atoms with Crippen molar-refractivity contribution in [3.63, 3.8) is 0 Å². The molecule has 22 heavy (non-hydrogen) atoms. The van der Waals surface area contributed by atoms with E-state index >= 15 is 0 Å². The van der Waals surface area contributed by atoms with Gasteiger partial charge in [-0.15, -0.1) is 0 Å². The fourth-order valence-corrected chi connectivity index (χ4v) is 3.18. The summed E-state index contributed by atoms with van der Waals surface area (Å²) in [5, 5.41) is 13.0. The van der Waals surface area contributed by atoms with Crippen LogP contribution in [-0.2, 0) is 16.0 Å². The lowest BCUT2D eigenvalue weighted by Crippen LogP contribution is -2.40. The molecule has 1 aliphatic carbocycles. The second-order valence-electron chi connectivity index (χ2n) is 5.65. The lowest BCUT2D eigenvalue weighted by molar-refractivity contribution is -0.142. The molecule has 0 radical (unpaired) electrons. The van der Waals surface area contributed by atoms with Crippen LogP contribution in [0.1, 0.15) is 37.7 Å². The van der Waals surface area contributed by atoms with Gasteiger partial charge in [-0.3, -0.25) is 9.59 Å². The highest BCUT2D eigenvalue weighted by Gasteiger charge is 2.33. The Morgan fingerprint density at radius 1 is 1.23 bits per heavy atom. The lowest BCUT2D eigenvalue weighted by Gasteiger charge is -2.17. The third-order valence-corrected chi connectivity index (χ3v) is 4.77. The first-order chi connectivity index (χ1) is 10.5. The van der Waals surface area contributed by atoms with Crippen molar-refractivity contribution >= 4 is 35.1 Å². The van der Waals surface area contributed by atoms with Gasteiger partial charge in [0.05, 0.1) is 16.0 Å². The molecule has 1 aliphatic rings. The monoisotopic (exact) mass is 343 g/mol. The number of amides is 1. The SMILES string of the molecule is O=C(CCCc1ccc(Cl)c(Cl)c1)N[C@H]1CCC[C@H]1C(=O)O. The van der Waals surface area contributed by atoms with Gasteiger partial charge < -0.3 is 10.4 Å². The Hall–Kier alpha value is -1.26. The van der Waals surface area contributed by atoms with Gasteiger partial charge in [0.25, 0.3) is 0 Å². The number of benzene rings is 1. The molecule has 1 aromatic rings. The minimum absolute atomic E-state index is 0.0850. The molecule has 0 heterocycles. The number of aliphatic carboxylic acids is 1. The van der Waals surface area contributed by atoms with E-state index in [1.165, 1.54) is 0 Å². The first-order valence-corrected chi connectivity index (χ1v) is 8.19. The second-order valence-corrected chi connectivity index (χ2v) is 6.47. The van der Waals surface area contributed by atoms with Gasteiger partial charge in [0.2, 0.25) is 5.91 Å². The van der Waals surface area contributed by atoms with Gasteiger partial charge in [-0.1, -0.05) is 35.7 Å². The van der Waals surface area contributed by atoms with Crippen molar-refractivity contribution in [2.45, 2.75) is 44.6 Å². The highest BCUT2D eigenvalue weighted by molar-refractivity contribution is 6.42. The zero-order valence-corrected chi connectivity index (χ0v) is 13.7. The van der Waals surface area contributed by atoms with E-state index in [4.69, 9.17) is 28.3 Å². The van der Waals surface area contributed by atoms with Gasteiger partial charge >= 0.3 is 5.97 Å². The molecular formula is C16H19Cl2NO3. The third kappa shape index (κ3) is 4.62. The standard InChI is InChI=1S/C16H19Cl2NO3/c17-12-8-7-10(9-13(12)18)3-1-6-15(20)19-14-5-2-4-11(14)16(21)22/h7-9,11,14H,1-6H2,(H,19,20)(H,21,22)/t11-,14+/m1/s1. The molecule has 0 aliphatic heterocycles. The summed E-state index contributed by atoms with van der Waals surface area (Å²) >= 11 is 11.8. The molecular weight excluding hydrogens is 325 g/mol. The maximum atomic E-state index is 11.9. The molecule has 120 valence electrons. The predicted molar refractivity (Wildman–Crippen MR) is 86.3 cm³/mol. The number of hydrogen-bond acceptors (Lipinski definition) is 2. The van der Waals surface area contributed by atoms with Crippen molar-refractivity contribution in [3.05, 3.63) is 33.8 Å². The fourth-order valence-electron chi connectivity index (χ4n) is 2.86. The van der Waals surface area contributed by atoms with Crippen LogP contribution in [0, 0.1) is 5.92 Å². The Kier molecular flexibility index (Phi) is 6.09. The van der Waals surface area contributed by atoms with Crippen molar-refractivity contribution in [3.8, 4) is 0 Å². The molecule has 0 aromatic heterocycles. The number of carbonyl (C=O) groups is 2. The summed E-state index contributed by atoms with van der Waals surface area (Å²) in [4.78, 5) is 23.0. The van der Waals surface area contributed by atoms with Crippen molar-refractivity contribution in [2.75, 3.05) is 0 Å². The van der Waals surface area contributed by atoms with Gasteiger partial charge in [0.1, 0.15) is 0 Å². The summed E-state index contributed by atoms with van der Waals surface area (Å²) in [5.41, 5.74) is 1.03. The molecule has 2 rings (SSSR count). The summed E-state index contributed by atoms with van der Waals surface area (Å²) in [6.45, 7) is 0. The van der Waals surface area contributed by atoms with Crippen LogP contribution < -0.4 is 5.32 Å². The molecule has 4 nitrogen and oxygen atoms in total. The van der Waals surface area contributed by atoms with Gasteiger partial charge in [-0.05, 0) is 43.4 Å². The van der Waals surface area contributed by atoms with E-state index in [1.54, 1.807) is 12.1 Å². The first-order valence-electron chi connectivity index (χ1n) is 7.43. The largest absolute Gasteiger partial charge is 0.481 e. The van der Waals surface area contributed by atoms with Crippen LogP contribution >= 0.6 is 23.2 Å². The molecule has 0 saturated heterocycles. The van der Waals surface area contributed by atoms with E-state index < -0.39 is 11.9 Å². The number of rotatable bonds is 6. The molecule has 1 fully saturated rings. The van der Waals surface area contributed by atoms with Gasteiger partial charge in [-0.2, -0.15) is 0 Å². The minimum Gasteiger partial charge on any atom is -0.481 e. The molecule has 2 N–H and O–H groups in total. The minimum atomic E-state index is -0.821. The Balaban J connectivity index is 1.76. The number of nitrogens with one attached hydrogen (secondary N) is 1. The number of carbonyl (C=O) groups excluding carboxylic acids is 1. The molecule has 1 saturated carbocycles. The Bertz CT molecular complexity index is 562. The van der Waals surface area contributed by atoms with Crippen LogP contribution in [0.5, 0.6) is 0 Å². The molecule has 1 amide bonds. The summed E-state index contributed by atoms with van der Waals surface area (Å²) in [5.74, 6) is -1.35. The smallest absolute Gasteiger partial charge is 0.308 e. The van der Waals surface area contributed by atoms with E-state index in [0.29, 0.717) is 29.3 Å². The second kappa shape index (κ2) is 7.84. The van der Waals surface area contributed by atoms with Gasteiger partial charge in [0.15, 0.2) is 0 Å². The molecule has 0 spiro atoms. The predicted octanol–water partition coefficient (Wildman–Crippen LogP) is 3.69. The fraction of sp³-hybridized carbons (Fsp3) is 0.500. The molecule has 0 bridgehead atoms. The molecule has 6 heteroatoms. The maximum Gasteiger partial charge on any atom is 0.308 e. The van der Waals surface area contributed by atoms with Crippen LogP contribution in [-0.4, -0.2) is 23.0 Å². The quantitative estimate of drug-likeness (QED) is 0.827. The van der Waals surface area contributed by atoms with Crippen LogP contribution in [0.25, 0.3) is 0 Å². The third-order valence-electron chi connectivity index (χ3n) is 4.03. The maximum absolute atomic E-state index is 11.9. The normalized spacial score (nSPS) is 20.8. The van der Waals surface area contributed by atoms with E-state index in [9.17, 15) is 9.59 Å². The van der Waals surface area contributed by atoms with Crippen LogP contribution in [0.15, 0.2) is 18.2 Å². The summed E-state index contributed by atoms with van der Waals surface area (Å²) in [6.07, 6.45) is 4.04. The Morgan fingerprint density at radius 2 is 2.00 bits per heavy atom. The first kappa shape index (κ1) is 17.1. The number of halogens is 2. The van der Waals surface area contributed by atoms with Crippen LogP contribution in [0.2, 0.25) is 10.0 Å².